The minimum atomic E-state index is 0.0713. The molecule has 1 atom stereocenters. The first-order valence-corrected chi connectivity index (χ1v) is 12.4. The van der Waals surface area contributed by atoms with E-state index in [1.54, 1.807) is 29.3 Å². The standard InChI is InChI=1S/C25H31N3O2S/c1-30-21-10-6-5-9-18(21)15-28-16-27-24-23(25(28)29)20-12-11-19(13-22(20)31-24)26-14-17-7-3-2-4-8-17/h5-6,9-10,16-17,19,26H,2-4,7-8,11-15H2,1H3. The van der Waals surface area contributed by atoms with Crippen LogP contribution in [0.25, 0.3) is 10.2 Å². The van der Waals surface area contributed by atoms with Crippen LogP contribution in [0.15, 0.2) is 35.4 Å². The number of methoxy groups -OCH3 is 1. The zero-order valence-electron chi connectivity index (χ0n) is 18.2. The Morgan fingerprint density at radius 1 is 1.19 bits per heavy atom. The second kappa shape index (κ2) is 9.13. The smallest absolute Gasteiger partial charge is 0.262 e. The van der Waals surface area contributed by atoms with E-state index in [1.807, 2.05) is 24.3 Å². The maximum atomic E-state index is 13.4. The van der Waals surface area contributed by atoms with Gasteiger partial charge in [0.05, 0.1) is 25.4 Å². The van der Waals surface area contributed by atoms with Crippen LogP contribution < -0.4 is 15.6 Å². The minimum absolute atomic E-state index is 0.0713. The number of aromatic nitrogens is 2. The summed E-state index contributed by atoms with van der Waals surface area (Å²) in [5.41, 5.74) is 2.30. The molecule has 0 aliphatic heterocycles. The summed E-state index contributed by atoms with van der Waals surface area (Å²) < 4.78 is 7.18. The molecule has 1 aromatic carbocycles. The van der Waals surface area contributed by atoms with Crippen LogP contribution in [0.3, 0.4) is 0 Å². The third-order valence-electron chi connectivity index (χ3n) is 6.99. The predicted molar refractivity (Wildman–Crippen MR) is 126 cm³/mol. The van der Waals surface area contributed by atoms with Crippen molar-refractivity contribution in [1.82, 2.24) is 14.9 Å². The van der Waals surface area contributed by atoms with Crippen molar-refractivity contribution in [2.24, 2.45) is 5.92 Å². The molecule has 5 nitrogen and oxygen atoms in total. The lowest BCUT2D eigenvalue weighted by atomic mass is 9.88. The van der Waals surface area contributed by atoms with Gasteiger partial charge in [0.1, 0.15) is 10.6 Å². The van der Waals surface area contributed by atoms with E-state index in [1.165, 1.54) is 42.5 Å². The number of benzene rings is 1. The molecule has 2 aliphatic rings. The predicted octanol–water partition coefficient (Wildman–Crippen LogP) is 4.54. The summed E-state index contributed by atoms with van der Waals surface area (Å²) in [6.45, 7) is 1.62. The van der Waals surface area contributed by atoms with Gasteiger partial charge in [-0.05, 0) is 56.2 Å². The van der Waals surface area contributed by atoms with Gasteiger partial charge >= 0.3 is 0 Å². The number of hydrogen-bond donors (Lipinski definition) is 1. The molecule has 0 spiro atoms. The van der Waals surface area contributed by atoms with E-state index in [4.69, 9.17) is 4.74 Å². The monoisotopic (exact) mass is 437 g/mol. The number of rotatable bonds is 6. The number of hydrogen-bond acceptors (Lipinski definition) is 5. The first-order valence-electron chi connectivity index (χ1n) is 11.6. The molecule has 0 bridgehead atoms. The third-order valence-corrected chi connectivity index (χ3v) is 8.15. The van der Waals surface area contributed by atoms with Crippen LogP contribution >= 0.6 is 11.3 Å². The lowest BCUT2D eigenvalue weighted by Crippen LogP contribution is -2.37. The number of nitrogens with one attached hydrogen (secondary N) is 1. The average Bonchev–Trinajstić information content (AvgIpc) is 3.19. The molecule has 1 N–H and O–H groups in total. The number of ether oxygens (including phenoxy) is 1. The molecule has 2 aromatic heterocycles. The Labute approximate surface area is 187 Å². The van der Waals surface area contributed by atoms with Crippen molar-refractivity contribution in [2.45, 2.75) is 64.0 Å². The van der Waals surface area contributed by atoms with Crippen molar-refractivity contribution in [2.75, 3.05) is 13.7 Å². The van der Waals surface area contributed by atoms with Gasteiger partial charge in [-0.25, -0.2) is 4.98 Å². The zero-order chi connectivity index (χ0) is 21.2. The van der Waals surface area contributed by atoms with Crippen LogP contribution in [0.4, 0.5) is 0 Å². The van der Waals surface area contributed by atoms with Crippen LogP contribution in [0.2, 0.25) is 0 Å². The Bertz CT molecular complexity index is 1110. The summed E-state index contributed by atoms with van der Waals surface area (Å²) in [7, 11) is 1.66. The molecule has 0 amide bonds. The molecule has 1 saturated carbocycles. The minimum Gasteiger partial charge on any atom is -0.496 e. The molecule has 1 fully saturated rings. The molecule has 31 heavy (non-hydrogen) atoms. The van der Waals surface area contributed by atoms with E-state index >= 15 is 0 Å². The molecule has 2 heterocycles. The Kier molecular flexibility index (Phi) is 6.10. The highest BCUT2D eigenvalue weighted by Crippen LogP contribution is 2.34. The van der Waals surface area contributed by atoms with Crippen LogP contribution in [-0.4, -0.2) is 29.2 Å². The highest BCUT2D eigenvalue weighted by molar-refractivity contribution is 7.18. The van der Waals surface area contributed by atoms with E-state index in [-0.39, 0.29) is 5.56 Å². The van der Waals surface area contributed by atoms with Gasteiger partial charge in [-0.2, -0.15) is 0 Å². The van der Waals surface area contributed by atoms with Crippen molar-refractivity contribution >= 4 is 21.6 Å². The van der Waals surface area contributed by atoms with Gasteiger partial charge in [-0.3, -0.25) is 9.36 Å². The molecule has 1 unspecified atom stereocenters. The highest BCUT2D eigenvalue weighted by Gasteiger charge is 2.26. The summed E-state index contributed by atoms with van der Waals surface area (Å²) in [4.78, 5) is 20.3. The highest BCUT2D eigenvalue weighted by atomic mass is 32.1. The normalized spacial score (nSPS) is 19.5. The van der Waals surface area contributed by atoms with Crippen LogP contribution in [0.1, 0.15) is 54.5 Å². The third kappa shape index (κ3) is 4.28. The van der Waals surface area contributed by atoms with E-state index in [0.717, 1.165) is 53.3 Å². The second-order valence-corrected chi connectivity index (χ2v) is 10.1. The average molecular weight is 438 g/mol. The SMILES string of the molecule is COc1ccccc1Cn1cnc2sc3c(c2c1=O)CCC(NCC1CCCCC1)C3. The van der Waals surface area contributed by atoms with E-state index in [2.05, 4.69) is 10.3 Å². The van der Waals surface area contributed by atoms with Crippen molar-refractivity contribution in [1.29, 1.82) is 0 Å². The Balaban J connectivity index is 1.35. The van der Waals surface area contributed by atoms with Crippen molar-refractivity contribution < 1.29 is 4.74 Å². The fraction of sp³-hybridized carbons (Fsp3) is 0.520. The summed E-state index contributed by atoms with van der Waals surface area (Å²) in [6, 6.07) is 8.38. The maximum Gasteiger partial charge on any atom is 0.262 e. The Morgan fingerprint density at radius 2 is 2.03 bits per heavy atom. The number of fused-ring (bicyclic) bond motifs is 3. The van der Waals surface area contributed by atoms with Crippen LogP contribution in [-0.2, 0) is 19.4 Å². The lowest BCUT2D eigenvalue weighted by molar-refractivity contribution is 0.319. The first kappa shape index (κ1) is 20.7. The summed E-state index contributed by atoms with van der Waals surface area (Å²) in [5, 5.41) is 4.67. The lowest BCUT2D eigenvalue weighted by Gasteiger charge is -2.27. The summed E-state index contributed by atoms with van der Waals surface area (Å²) >= 11 is 1.71. The quantitative estimate of drug-likeness (QED) is 0.615. The molecule has 6 heteroatoms. The molecule has 3 aromatic rings. The topological polar surface area (TPSA) is 56.2 Å². The summed E-state index contributed by atoms with van der Waals surface area (Å²) in [5.74, 6) is 1.65. The fourth-order valence-corrected chi connectivity index (χ4v) is 6.49. The molecule has 164 valence electrons. The van der Waals surface area contributed by atoms with Crippen molar-refractivity contribution in [3.05, 3.63) is 57.0 Å². The number of thiophene rings is 1. The molecular formula is C25H31N3O2S. The van der Waals surface area contributed by atoms with Gasteiger partial charge in [-0.1, -0.05) is 37.5 Å². The second-order valence-electron chi connectivity index (χ2n) is 9.03. The van der Waals surface area contributed by atoms with Crippen molar-refractivity contribution in [3.63, 3.8) is 0 Å². The van der Waals surface area contributed by atoms with Gasteiger partial charge in [0.25, 0.3) is 5.56 Å². The molecule has 2 aliphatic carbocycles. The van der Waals surface area contributed by atoms with Gasteiger partial charge in [0, 0.05) is 16.5 Å². The molecule has 0 radical (unpaired) electrons. The number of aryl methyl sites for hydroxylation is 1. The largest absolute Gasteiger partial charge is 0.496 e. The van der Waals surface area contributed by atoms with Gasteiger partial charge < -0.3 is 10.1 Å². The number of para-hydroxylation sites is 1. The van der Waals surface area contributed by atoms with E-state index in [0.29, 0.717) is 12.6 Å². The maximum absolute atomic E-state index is 13.4. The Hall–Kier alpha value is -2.18. The first-order chi connectivity index (χ1) is 15.2. The van der Waals surface area contributed by atoms with E-state index < -0.39 is 0 Å². The fourth-order valence-electron chi connectivity index (χ4n) is 5.23. The molecule has 5 rings (SSSR count). The zero-order valence-corrected chi connectivity index (χ0v) is 19.0. The number of nitrogens with zero attached hydrogens (tertiary/aromatic N) is 2. The van der Waals surface area contributed by atoms with E-state index in [9.17, 15) is 4.79 Å². The molecular weight excluding hydrogens is 406 g/mol. The van der Waals surface area contributed by atoms with Gasteiger partial charge in [0.2, 0.25) is 0 Å². The van der Waals surface area contributed by atoms with Crippen LogP contribution in [0, 0.1) is 5.92 Å². The van der Waals surface area contributed by atoms with Gasteiger partial charge in [-0.15, -0.1) is 11.3 Å². The van der Waals surface area contributed by atoms with Gasteiger partial charge in [0.15, 0.2) is 0 Å². The Morgan fingerprint density at radius 3 is 2.87 bits per heavy atom. The molecule has 0 saturated heterocycles. The van der Waals surface area contributed by atoms with Crippen molar-refractivity contribution in [3.8, 4) is 5.75 Å². The van der Waals surface area contributed by atoms with Crippen LogP contribution in [0.5, 0.6) is 5.75 Å². The summed E-state index contributed by atoms with van der Waals surface area (Å²) in [6.07, 6.45) is 11.7.